The maximum Gasteiger partial charge on any atom is 0.220 e. The van der Waals surface area contributed by atoms with Crippen molar-refractivity contribution < 1.29 is 4.79 Å². The molecule has 0 radical (unpaired) electrons. The molecule has 1 fully saturated rings. The van der Waals surface area contributed by atoms with Gasteiger partial charge in [0.25, 0.3) is 0 Å². The van der Waals surface area contributed by atoms with Crippen LogP contribution in [0.25, 0.3) is 0 Å². The third-order valence-corrected chi connectivity index (χ3v) is 4.40. The van der Waals surface area contributed by atoms with Crippen LogP contribution >= 0.6 is 0 Å². The SMILES string of the molecule is C=CCCCN(C)C(=NC)NCCNC(=O)CC1CCCCC1. The van der Waals surface area contributed by atoms with Crippen LogP contribution in [-0.4, -0.2) is 50.5 Å². The number of hydrogen-bond donors (Lipinski definition) is 2. The Labute approximate surface area is 141 Å². The molecule has 1 rings (SSSR count). The Morgan fingerprint density at radius 3 is 2.61 bits per heavy atom. The summed E-state index contributed by atoms with van der Waals surface area (Å²) in [5.74, 6) is 1.66. The lowest BCUT2D eigenvalue weighted by molar-refractivity contribution is -0.122. The van der Waals surface area contributed by atoms with Crippen LogP contribution in [0.3, 0.4) is 0 Å². The number of carbonyl (C=O) groups is 1. The Kier molecular flexibility index (Phi) is 10.2. The zero-order chi connectivity index (χ0) is 16.9. The number of hydrogen-bond acceptors (Lipinski definition) is 2. The normalized spacial score (nSPS) is 16.0. The monoisotopic (exact) mass is 322 g/mol. The van der Waals surface area contributed by atoms with Crippen molar-refractivity contribution in [1.82, 2.24) is 15.5 Å². The fraction of sp³-hybridized carbons (Fsp3) is 0.778. The van der Waals surface area contributed by atoms with E-state index in [0.29, 0.717) is 25.4 Å². The second kappa shape index (κ2) is 12.0. The second-order valence-electron chi connectivity index (χ2n) is 6.38. The van der Waals surface area contributed by atoms with Crippen LogP contribution in [-0.2, 0) is 4.79 Å². The Morgan fingerprint density at radius 1 is 1.26 bits per heavy atom. The van der Waals surface area contributed by atoms with Gasteiger partial charge in [-0.1, -0.05) is 25.3 Å². The minimum absolute atomic E-state index is 0.188. The molecule has 0 bridgehead atoms. The topological polar surface area (TPSA) is 56.7 Å². The van der Waals surface area contributed by atoms with E-state index < -0.39 is 0 Å². The van der Waals surface area contributed by atoms with Crippen molar-refractivity contribution in [2.45, 2.75) is 51.4 Å². The zero-order valence-electron chi connectivity index (χ0n) is 14.9. The largest absolute Gasteiger partial charge is 0.354 e. The van der Waals surface area contributed by atoms with Crippen LogP contribution in [0.5, 0.6) is 0 Å². The summed E-state index contributed by atoms with van der Waals surface area (Å²) in [6.45, 7) is 6.03. The van der Waals surface area contributed by atoms with E-state index in [1.807, 2.05) is 13.1 Å². The first-order chi connectivity index (χ1) is 11.2. The number of nitrogens with one attached hydrogen (secondary N) is 2. The number of nitrogens with zero attached hydrogens (tertiary/aromatic N) is 2. The first kappa shape index (κ1) is 19.5. The van der Waals surface area contributed by atoms with Gasteiger partial charge in [0.15, 0.2) is 5.96 Å². The lowest BCUT2D eigenvalue weighted by atomic mass is 9.87. The van der Waals surface area contributed by atoms with Crippen molar-refractivity contribution in [3.8, 4) is 0 Å². The molecule has 0 aromatic rings. The van der Waals surface area contributed by atoms with Crippen LogP contribution in [0.1, 0.15) is 51.4 Å². The number of aliphatic imine (C=N–C) groups is 1. The predicted octanol–water partition coefficient (Wildman–Crippen LogP) is 2.55. The smallest absolute Gasteiger partial charge is 0.220 e. The van der Waals surface area contributed by atoms with Crippen LogP contribution in [0, 0.1) is 5.92 Å². The molecule has 0 aliphatic heterocycles. The van der Waals surface area contributed by atoms with Crippen LogP contribution in [0.2, 0.25) is 0 Å². The molecule has 1 saturated carbocycles. The highest BCUT2D eigenvalue weighted by Crippen LogP contribution is 2.25. The summed E-state index contributed by atoms with van der Waals surface area (Å²) < 4.78 is 0. The Hall–Kier alpha value is -1.52. The van der Waals surface area contributed by atoms with E-state index in [4.69, 9.17) is 0 Å². The number of unbranched alkanes of at least 4 members (excludes halogenated alkanes) is 1. The first-order valence-corrected chi connectivity index (χ1v) is 8.96. The van der Waals surface area contributed by atoms with E-state index >= 15 is 0 Å². The fourth-order valence-electron chi connectivity index (χ4n) is 3.07. The fourth-order valence-corrected chi connectivity index (χ4v) is 3.07. The van der Waals surface area contributed by atoms with Crippen molar-refractivity contribution in [2.75, 3.05) is 33.7 Å². The van der Waals surface area contributed by atoms with E-state index in [9.17, 15) is 4.79 Å². The number of allylic oxidation sites excluding steroid dienone is 1. The molecular weight excluding hydrogens is 288 g/mol. The molecule has 0 saturated heterocycles. The summed E-state index contributed by atoms with van der Waals surface area (Å²) in [7, 11) is 3.81. The van der Waals surface area contributed by atoms with Crippen LogP contribution in [0.15, 0.2) is 17.6 Å². The van der Waals surface area contributed by atoms with Crippen LogP contribution < -0.4 is 10.6 Å². The maximum absolute atomic E-state index is 11.9. The van der Waals surface area contributed by atoms with E-state index in [1.165, 1.54) is 32.1 Å². The van der Waals surface area contributed by atoms with E-state index in [-0.39, 0.29) is 5.91 Å². The van der Waals surface area contributed by atoms with E-state index in [0.717, 1.165) is 25.3 Å². The lowest BCUT2D eigenvalue weighted by Crippen LogP contribution is -2.43. The predicted molar refractivity (Wildman–Crippen MR) is 97.6 cm³/mol. The zero-order valence-corrected chi connectivity index (χ0v) is 14.9. The summed E-state index contributed by atoms with van der Waals surface area (Å²) in [6, 6.07) is 0. The molecule has 1 amide bonds. The lowest BCUT2D eigenvalue weighted by Gasteiger charge is -2.22. The third-order valence-electron chi connectivity index (χ3n) is 4.40. The molecule has 2 N–H and O–H groups in total. The Bertz CT molecular complexity index is 375. The standard InChI is InChI=1S/C18H34N4O/c1-4-5-9-14-22(3)18(19-2)21-13-12-20-17(23)15-16-10-7-6-8-11-16/h4,16H,1,5-15H2,2-3H3,(H,19,21)(H,20,23). The quantitative estimate of drug-likeness (QED) is 0.297. The van der Waals surface area contributed by atoms with Gasteiger partial charge >= 0.3 is 0 Å². The highest BCUT2D eigenvalue weighted by atomic mass is 16.1. The van der Waals surface area contributed by atoms with Crippen LogP contribution in [0.4, 0.5) is 0 Å². The number of guanidine groups is 1. The molecule has 1 aliphatic rings. The molecule has 0 spiro atoms. The molecule has 0 aromatic heterocycles. The summed E-state index contributed by atoms with van der Waals surface area (Å²) >= 11 is 0. The molecule has 0 heterocycles. The van der Waals surface area contributed by atoms with Gasteiger partial charge in [0, 0.05) is 40.2 Å². The van der Waals surface area contributed by atoms with Crippen molar-refractivity contribution in [2.24, 2.45) is 10.9 Å². The van der Waals surface area contributed by atoms with Crippen molar-refractivity contribution in [3.05, 3.63) is 12.7 Å². The van der Waals surface area contributed by atoms with E-state index in [1.54, 1.807) is 7.05 Å². The summed E-state index contributed by atoms with van der Waals surface area (Å²) in [4.78, 5) is 18.3. The van der Waals surface area contributed by atoms with Crippen molar-refractivity contribution in [3.63, 3.8) is 0 Å². The second-order valence-corrected chi connectivity index (χ2v) is 6.38. The van der Waals surface area contributed by atoms with Crippen molar-refractivity contribution in [1.29, 1.82) is 0 Å². The van der Waals surface area contributed by atoms with Crippen molar-refractivity contribution >= 4 is 11.9 Å². The summed E-state index contributed by atoms with van der Waals surface area (Å²) in [5.41, 5.74) is 0. The number of amides is 1. The third kappa shape index (κ3) is 8.62. The summed E-state index contributed by atoms with van der Waals surface area (Å²) in [6.07, 6.45) is 11.0. The maximum atomic E-state index is 11.9. The highest BCUT2D eigenvalue weighted by molar-refractivity contribution is 5.79. The first-order valence-electron chi connectivity index (χ1n) is 8.96. The molecule has 5 heteroatoms. The van der Waals surface area contributed by atoms with Gasteiger partial charge in [0.2, 0.25) is 5.91 Å². The van der Waals surface area contributed by atoms with Gasteiger partial charge in [-0.3, -0.25) is 9.79 Å². The van der Waals surface area contributed by atoms with Gasteiger partial charge in [-0.05, 0) is 31.6 Å². The number of carbonyl (C=O) groups excluding carboxylic acids is 1. The molecule has 1 aliphatic carbocycles. The molecular formula is C18H34N4O. The van der Waals surface area contributed by atoms with Gasteiger partial charge < -0.3 is 15.5 Å². The molecule has 23 heavy (non-hydrogen) atoms. The Balaban J connectivity index is 2.13. The van der Waals surface area contributed by atoms with Gasteiger partial charge in [-0.15, -0.1) is 6.58 Å². The van der Waals surface area contributed by atoms with Gasteiger partial charge in [-0.25, -0.2) is 0 Å². The number of rotatable bonds is 9. The Morgan fingerprint density at radius 2 is 1.96 bits per heavy atom. The van der Waals surface area contributed by atoms with Gasteiger partial charge in [0.1, 0.15) is 0 Å². The van der Waals surface area contributed by atoms with E-state index in [2.05, 4.69) is 27.1 Å². The molecule has 5 nitrogen and oxygen atoms in total. The van der Waals surface area contributed by atoms with Gasteiger partial charge in [0.05, 0.1) is 0 Å². The molecule has 0 unspecified atom stereocenters. The molecule has 0 aromatic carbocycles. The summed E-state index contributed by atoms with van der Waals surface area (Å²) in [5, 5.41) is 6.30. The average Bonchev–Trinajstić information content (AvgIpc) is 2.56. The average molecular weight is 322 g/mol. The minimum atomic E-state index is 0.188. The molecule has 0 atom stereocenters. The minimum Gasteiger partial charge on any atom is -0.354 e. The van der Waals surface area contributed by atoms with Gasteiger partial charge in [-0.2, -0.15) is 0 Å². The highest BCUT2D eigenvalue weighted by Gasteiger charge is 2.16. The molecule has 132 valence electrons.